The Bertz CT molecular complexity index is 1330. The minimum atomic E-state index is -0.838. The molecule has 5 rings (SSSR count). The standard InChI is InChI=1S/C23H23F2N7O2/c1-31(20-5-3-15(24)11-16(20)25)23(33)29-19-12-26-30-21(19)22-27-17-4-2-14(10-18(17)28-22)13-32-6-8-34-9-7-32/h2-5,10-12H,6-9,13H2,1H3,(H,26,30)(H,27,28)(H,29,33). The maximum Gasteiger partial charge on any atom is 0.326 e. The van der Waals surface area contributed by atoms with E-state index < -0.39 is 17.7 Å². The average molecular weight is 467 g/mol. The molecule has 4 aromatic rings. The van der Waals surface area contributed by atoms with Crippen LogP contribution in [0.1, 0.15) is 5.56 Å². The second-order valence-electron chi connectivity index (χ2n) is 8.07. The average Bonchev–Trinajstić information content (AvgIpc) is 3.45. The van der Waals surface area contributed by atoms with Crippen molar-refractivity contribution in [2.45, 2.75) is 6.54 Å². The van der Waals surface area contributed by atoms with Gasteiger partial charge in [-0.2, -0.15) is 5.10 Å². The molecule has 0 saturated carbocycles. The van der Waals surface area contributed by atoms with Gasteiger partial charge in [-0.15, -0.1) is 0 Å². The maximum absolute atomic E-state index is 14.1. The van der Waals surface area contributed by atoms with E-state index in [9.17, 15) is 13.6 Å². The van der Waals surface area contributed by atoms with E-state index in [1.165, 1.54) is 19.3 Å². The third kappa shape index (κ3) is 4.47. The molecule has 34 heavy (non-hydrogen) atoms. The fraction of sp³-hybridized carbons (Fsp3) is 0.261. The Kier molecular flexibility index (Phi) is 5.95. The first kappa shape index (κ1) is 22.0. The van der Waals surface area contributed by atoms with Gasteiger partial charge in [0.2, 0.25) is 0 Å². The van der Waals surface area contributed by atoms with Gasteiger partial charge in [0.05, 0.1) is 41.8 Å². The van der Waals surface area contributed by atoms with Gasteiger partial charge in [-0.05, 0) is 29.8 Å². The molecule has 176 valence electrons. The van der Waals surface area contributed by atoms with Gasteiger partial charge in [0, 0.05) is 32.7 Å². The van der Waals surface area contributed by atoms with E-state index in [0.717, 1.165) is 66.5 Å². The highest BCUT2D eigenvalue weighted by Crippen LogP contribution is 2.27. The van der Waals surface area contributed by atoms with Crippen LogP contribution in [-0.2, 0) is 11.3 Å². The molecule has 3 N–H and O–H groups in total. The van der Waals surface area contributed by atoms with Crippen LogP contribution in [0, 0.1) is 11.6 Å². The molecule has 0 spiro atoms. The lowest BCUT2D eigenvalue weighted by atomic mass is 10.2. The molecule has 0 radical (unpaired) electrons. The number of aromatic nitrogens is 4. The Hall–Kier alpha value is -3.83. The van der Waals surface area contributed by atoms with Crippen LogP contribution in [0.25, 0.3) is 22.6 Å². The molecule has 2 amide bonds. The first-order valence-electron chi connectivity index (χ1n) is 10.8. The zero-order chi connectivity index (χ0) is 23.7. The van der Waals surface area contributed by atoms with Gasteiger partial charge in [-0.25, -0.2) is 18.6 Å². The zero-order valence-electron chi connectivity index (χ0n) is 18.4. The lowest BCUT2D eigenvalue weighted by Gasteiger charge is -2.26. The van der Waals surface area contributed by atoms with Crippen LogP contribution in [0.5, 0.6) is 0 Å². The van der Waals surface area contributed by atoms with Gasteiger partial charge in [-0.1, -0.05) is 6.07 Å². The number of morpholine rings is 1. The Morgan fingerprint density at radius 1 is 1.21 bits per heavy atom. The van der Waals surface area contributed by atoms with Gasteiger partial charge in [0.15, 0.2) is 5.82 Å². The molecule has 1 saturated heterocycles. The van der Waals surface area contributed by atoms with Crippen LogP contribution < -0.4 is 10.2 Å². The molecule has 1 fully saturated rings. The van der Waals surface area contributed by atoms with Crippen molar-refractivity contribution in [3.8, 4) is 11.5 Å². The van der Waals surface area contributed by atoms with E-state index in [0.29, 0.717) is 17.2 Å². The van der Waals surface area contributed by atoms with Crippen LogP contribution >= 0.6 is 0 Å². The fourth-order valence-corrected chi connectivity index (χ4v) is 3.91. The number of urea groups is 1. The van der Waals surface area contributed by atoms with Gasteiger partial charge < -0.3 is 15.0 Å². The van der Waals surface area contributed by atoms with E-state index in [2.05, 4.69) is 36.4 Å². The van der Waals surface area contributed by atoms with Gasteiger partial charge in [0.25, 0.3) is 0 Å². The molecule has 0 unspecified atom stereocenters. The largest absolute Gasteiger partial charge is 0.379 e. The highest BCUT2D eigenvalue weighted by atomic mass is 19.1. The molecule has 11 heteroatoms. The summed E-state index contributed by atoms with van der Waals surface area (Å²) in [7, 11) is 1.39. The Morgan fingerprint density at radius 3 is 2.82 bits per heavy atom. The summed E-state index contributed by atoms with van der Waals surface area (Å²) in [4.78, 5) is 24.0. The number of nitrogens with one attached hydrogen (secondary N) is 3. The van der Waals surface area contributed by atoms with Crippen molar-refractivity contribution >= 4 is 28.4 Å². The van der Waals surface area contributed by atoms with Crippen LogP contribution in [0.4, 0.5) is 25.0 Å². The second kappa shape index (κ2) is 9.20. The number of carbonyl (C=O) groups is 1. The molecule has 0 bridgehead atoms. The third-order valence-electron chi connectivity index (χ3n) is 5.75. The SMILES string of the molecule is CN(C(=O)Nc1cn[nH]c1-c1nc2ccc(CN3CCOCC3)cc2[nH]1)c1ccc(F)cc1F. The molecule has 2 aromatic heterocycles. The molecular formula is C23H23F2N7O2. The van der Waals surface area contributed by atoms with Crippen molar-refractivity contribution in [3.63, 3.8) is 0 Å². The summed E-state index contributed by atoms with van der Waals surface area (Å²) >= 11 is 0. The summed E-state index contributed by atoms with van der Waals surface area (Å²) in [5, 5.41) is 9.55. The maximum atomic E-state index is 14.1. The number of ether oxygens (including phenoxy) is 1. The van der Waals surface area contributed by atoms with Gasteiger partial charge in [-0.3, -0.25) is 14.9 Å². The number of halogens is 2. The number of benzene rings is 2. The van der Waals surface area contributed by atoms with E-state index >= 15 is 0 Å². The topological polar surface area (TPSA) is 102 Å². The minimum absolute atomic E-state index is 0.0551. The quantitative estimate of drug-likeness (QED) is 0.415. The highest BCUT2D eigenvalue weighted by molar-refractivity contribution is 6.03. The first-order valence-corrected chi connectivity index (χ1v) is 10.8. The summed E-state index contributed by atoms with van der Waals surface area (Å²) in [5.74, 6) is -1.05. The zero-order valence-corrected chi connectivity index (χ0v) is 18.4. The van der Waals surface area contributed by atoms with Crippen LogP contribution in [0.3, 0.4) is 0 Å². The predicted octanol–water partition coefficient (Wildman–Crippen LogP) is 3.73. The van der Waals surface area contributed by atoms with Gasteiger partial charge >= 0.3 is 6.03 Å². The highest BCUT2D eigenvalue weighted by Gasteiger charge is 2.20. The molecule has 1 aliphatic heterocycles. The van der Waals surface area contributed by atoms with E-state index in [4.69, 9.17) is 4.74 Å². The van der Waals surface area contributed by atoms with Crippen LogP contribution in [-0.4, -0.2) is 64.4 Å². The number of fused-ring (bicyclic) bond motifs is 1. The van der Waals surface area contributed by atoms with Crippen molar-refractivity contribution in [1.29, 1.82) is 0 Å². The molecule has 0 aliphatic carbocycles. The summed E-state index contributed by atoms with van der Waals surface area (Å²) in [6.45, 7) is 4.12. The lowest BCUT2D eigenvalue weighted by Crippen LogP contribution is -2.35. The number of nitrogens with zero attached hydrogens (tertiary/aromatic N) is 4. The summed E-state index contributed by atoms with van der Waals surface area (Å²) in [5.41, 5.74) is 3.58. The molecular weight excluding hydrogens is 444 g/mol. The predicted molar refractivity (Wildman–Crippen MR) is 124 cm³/mol. The Labute approximate surface area is 193 Å². The molecule has 0 atom stereocenters. The third-order valence-corrected chi connectivity index (χ3v) is 5.75. The fourth-order valence-electron chi connectivity index (χ4n) is 3.91. The number of rotatable bonds is 5. The summed E-state index contributed by atoms with van der Waals surface area (Å²) in [6, 6.07) is 8.46. The van der Waals surface area contributed by atoms with E-state index in [-0.39, 0.29) is 5.69 Å². The van der Waals surface area contributed by atoms with E-state index in [1.807, 2.05) is 12.1 Å². The van der Waals surface area contributed by atoms with Crippen LogP contribution in [0.15, 0.2) is 42.6 Å². The summed E-state index contributed by atoms with van der Waals surface area (Å²) in [6.07, 6.45) is 1.44. The van der Waals surface area contributed by atoms with Crippen LogP contribution in [0.2, 0.25) is 0 Å². The number of aromatic amines is 2. The number of carbonyl (C=O) groups excluding carboxylic acids is 1. The van der Waals surface area contributed by atoms with E-state index in [1.54, 1.807) is 0 Å². The summed E-state index contributed by atoms with van der Waals surface area (Å²) < 4.78 is 32.7. The van der Waals surface area contributed by atoms with Crippen molar-refractivity contribution in [2.75, 3.05) is 43.6 Å². The molecule has 2 aromatic carbocycles. The number of hydrogen-bond acceptors (Lipinski definition) is 5. The monoisotopic (exact) mass is 467 g/mol. The van der Waals surface area contributed by atoms with Gasteiger partial charge in [0.1, 0.15) is 17.3 Å². The smallest absolute Gasteiger partial charge is 0.326 e. The number of anilines is 2. The lowest BCUT2D eigenvalue weighted by molar-refractivity contribution is 0.0342. The molecule has 1 aliphatic rings. The molecule has 3 heterocycles. The molecule has 9 nitrogen and oxygen atoms in total. The van der Waals surface area contributed by atoms with Crippen molar-refractivity contribution in [1.82, 2.24) is 25.1 Å². The number of amides is 2. The normalized spacial score (nSPS) is 14.4. The number of hydrogen-bond donors (Lipinski definition) is 3. The number of imidazole rings is 1. The Morgan fingerprint density at radius 2 is 2.03 bits per heavy atom. The van der Waals surface area contributed by atoms with Crippen molar-refractivity contribution in [3.05, 3.63) is 59.8 Å². The first-order chi connectivity index (χ1) is 16.5. The van der Waals surface area contributed by atoms with Crippen molar-refractivity contribution in [2.24, 2.45) is 0 Å². The van der Waals surface area contributed by atoms with Crippen molar-refractivity contribution < 1.29 is 18.3 Å². The Balaban J connectivity index is 1.34. The minimum Gasteiger partial charge on any atom is -0.379 e. The number of H-pyrrole nitrogens is 2. The second-order valence-corrected chi connectivity index (χ2v) is 8.07.